The highest BCUT2D eigenvalue weighted by Crippen LogP contribution is 2.22. The van der Waals surface area contributed by atoms with E-state index in [1.54, 1.807) is 6.21 Å². The van der Waals surface area contributed by atoms with Gasteiger partial charge < -0.3 is 0 Å². The van der Waals surface area contributed by atoms with Crippen LogP contribution in [0.25, 0.3) is 16.9 Å². The molecule has 138 valence electrons. The lowest BCUT2D eigenvalue weighted by Crippen LogP contribution is -1.99. The Balaban J connectivity index is 1.67. The van der Waals surface area contributed by atoms with E-state index in [4.69, 9.17) is 5.10 Å². The molecule has 0 fully saturated rings. The van der Waals surface area contributed by atoms with Gasteiger partial charge in [-0.3, -0.25) is 0 Å². The number of para-hydroxylation sites is 1. The van der Waals surface area contributed by atoms with Gasteiger partial charge in [-0.2, -0.15) is 10.2 Å². The highest BCUT2D eigenvalue weighted by atomic mass is 15.3. The van der Waals surface area contributed by atoms with E-state index in [1.807, 2.05) is 91.5 Å². The van der Waals surface area contributed by atoms with Crippen LogP contribution in [0.3, 0.4) is 0 Å². The molecule has 0 aliphatic heterocycles. The van der Waals surface area contributed by atoms with E-state index in [9.17, 15) is 0 Å². The van der Waals surface area contributed by atoms with Crippen LogP contribution in [0, 0.1) is 13.8 Å². The number of hydrogen-bond donors (Lipinski definition) is 1. The van der Waals surface area contributed by atoms with Crippen molar-refractivity contribution >= 4 is 12.2 Å². The molecular weight excluding hydrogens is 348 g/mol. The van der Waals surface area contributed by atoms with Crippen molar-refractivity contribution in [2.75, 3.05) is 5.43 Å². The van der Waals surface area contributed by atoms with Crippen molar-refractivity contribution in [3.05, 3.63) is 89.9 Å². The van der Waals surface area contributed by atoms with E-state index >= 15 is 0 Å². The Morgan fingerprint density at radius 2 is 1.54 bits per heavy atom. The van der Waals surface area contributed by atoms with Gasteiger partial charge in [0, 0.05) is 28.7 Å². The summed E-state index contributed by atoms with van der Waals surface area (Å²) in [7, 11) is 0. The van der Waals surface area contributed by atoms with Crippen LogP contribution in [-0.2, 0) is 0 Å². The van der Waals surface area contributed by atoms with Gasteiger partial charge in [0.1, 0.15) is 5.69 Å². The van der Waals surface area contributed by atoms with Crippen LogP contribution >= 0.6 is 0 Å². The van der Waals surface area contributed by atoms with E-state index < -0.39 is 0 Å². The van der Waals surface area contributed by atoms with E-state index in [0.717, 1.165) is 33.9 Å². The first kappa shape index (κ1) is 17.6. The standard InChI is InChI=1S/C22H20N6/c1-16-13-17(2)25-22(24-16)26-23-14-19-15-28(20-11-7-4-8-12-20)27-21(19)18-9-5-3-6-10-18/h3-15H,1-2H3,(H,24,25,26)/b23-14-. The Labute approximate surface area is 163 Å². The fraction of sp³-hybridized carbons (Fsp3) is 0.0909. The van der Waals surface area contributed by atoms with E-state index in [1.165, 1.54) is 0 Å². The van der Waals surface area contributed by atoms with Crippen LogP contribution in [0.1, 0.15) is 17.0 Å². The van der Waals surface area contributed by atoms with Gasteiger partial charge in [-0.25, -0.2) is 20.1 Å². The van der Waals surface area contributed by atoms with Gasteiger partial charge in [0.2, 0.25) is 5.95 Å². The first-order valence-corrected chi connectivity index (χ1v) is 9.01. The molecule has 0 atom stereocenters. The Kier molecular flexibility index (Phi) is 4.93. The summed E-state index contributed by atoms with van der Waals surface area (Å²) in [5.41, 5.74) is 8.48. The average Bonchev–Trinajstić information content (AvgIpc) is 3.13. The highest BCUT2D eigenvalue weighted by Gasteiger charge is 2.10. The molecule has 6 heteroatoms. The molecule has 0 amide bonds. The van der Waals surface area contributed by atoms with Crippen LogP contribution in [0.4, 0.5) is 5.95 Å². The van der Waals surface area contributed by atoms with Crippen LogP contribution in [0.2, 0.25) is 0 Å². The normalized spacial score (nSPS) is 11.1. The summed E-state index contributed by atoms with van der Waals surface area (Å²) < 4.78 is 1.86. The SMILES string of the molecule is Cc1cc(C)nc(N/N=C\c2cn(-c3ccccc3)nc2-c2ccccc2)n1. The quantitative estimate of drug-likeness (QED) is 0.419. The third kappa shape index (κ3) is 3.96. The predicted octanol–water partition coefficient (Wildman–Crippen LogP) is 4.39. The average molecular weight is 368 g/mol. The molecule has 0 spiro atoms. The predicted molar refractivity (Wildman–Crippen MR) is 112 cm³/mol. The van der Waals surface area contributed by atoms with Crippen molar-refractivity contribution in [3.8, 4) is 16.9 Å². The summed E-state index contributed by atoms with van der Waals surface area (Å²) in [5, 5.41) is 9.10. The lowest BCUT2D eigenvalue weighted by molar-refractivity contribution is 0.884. The maximum atomic E-state index is 4.77. The van der Waals surface area contributed by atoms with Crippen molar-refractivity contribution in [1.29, 1.82) is 0 Å². The van der Waals surface area contributed by atoms with Crippen LogP contribution in [0.5, 0.6) is 0 Å². The zero-order valence-electron chi connectivity index (χ0n) is 15.7. The fourth-order valence-electron chi connectivity index (χ4n) is 2.95. The number of rotatable bonds is 5. The van der Waals surface area contributed by atoms with Crippen molar-refractivity contribution in [2.45, 2.75) is 13.8 Å². The highest BCUT2D eigenvalue weighted by molar-refractivity contribution is 5.89. The second kappa shape index (κ2) is 7.84. The monoisotopic (exact) mass is 368 g/mol. The number of aromatic nitrogens is 4. The zero-order chi connectivity index (χ0) is 19.3. The van der Waals surface area contributed by atoms with Gasteiger partial charge in [-0.05, 0) is 32.0 Å². The largest absolute Gasteiger partial charge is 0.245 e. The van der Waals surface area contributed by atoms with Gasteiger partial charge in [0.25, 0.3) is 0 Å². The fourth-order valence-corrected chi connectivity index (χ4v) is 2.95. The first-order valence-electron chi connectivity index (χ1n) is 9.01. The van der Waals surface area contributed by atoms with Crippen LogP contribution in [-0.4, -0.2) is 26.0 Å². The summed E-state index contributed by atoms with van der Waals surface area (Å²) >= 11 is 0. The molecule has 1 N–H and O–H groups in total. The Bertz CT molecular complexity index is 1080. The van der Waals surface area contributed by atoms with E-state index in [-0.39, 0.29) is 0 Å². The van der Waals surface area contributed by atoms with E-state index in [2.05, 4.69) is 20.5 Å². The van der Waals surface area contributed by atoms with Gasteiger partial charge in [-0.1, -0.05) is 48.5 Å². The maximum absolute atomic E-state index is 4.77. The van der Waals surface area contributed by atoms with E-state index in [0.29, 0.717) is 5.95 Å². The second-order valence-electron chi connectivity index (χ2n) is 6.42. The number of benzene rings is 2. The molecule has 4 rings (SSSR count). The van der Waals surface area contributed by atoms with Crippen molar-refractivity contribution < 1.29 is 0 Å². The lowest BCUT2D eigenvalue weighted by atomic mass is 10.1. The van der Waals surface area contributed by atoms with Gasteiger partial charge in [0.15, 0.2) is 0 Å². The van der Waals surface area contributed by atoms with Crippen LogP contribution < -0.4 is 5.43 Å². The number of nitrogens with one attached hydrogen (secondary N) is 1. The number of aryl methyl sites for hydroxylation is 2. The molecule has 0 bridgehead atoms. The number of anilines is 1. The molecule has 28 heavy (non-hydrogen) atoms. The lowest BCUT2D eigenvalue weighted by Gasteiger charge is -2.01. The Morgan fingerprint density at radius 1 is 0.893 bits per heavy atom. The maximum Gasteiger partial charge on any atom is 0.243 e. The third-order valence-corrected chi connectivity index (χ3v) is 4.16. The summed E-state index contributed by atoms with van der Waals surface area (Å²) in [6.45, 7) is 3.86. The molecule has 2 heterocycles. The smallest absolute Gasteiger partial charge is 0.243 e. The van der Waals surface area contributed by atoms with Gasteiger partial charge >= 0.3 is 0 Å². The van der Waals surface area contributed by atoms with Crippen molar-refractivity contribution in [1.82, 2.24) is 19.7 Å². The molecule has 2 aromatic carbocycles. The topological polar surface area (TPSA) is 68.0 Å². The summed E-state index contributed by atoms with van der Waals surface area (Å²) in [4.78, 5) is 8.68. The van der Waals surface area contributed by atoms with Crippen molar-refractivity contribution in [2.24, 2.45) is 5.10 Å². The molecule has 4 aromatic rings. The van der Waals surface area contributed by atoms with Gasteiger partial charge in [-0.15, -0.1) is 0 Å². The molecule has 0 aliphatic carbocycles. The first-order chi connectivity index (χ1) is 13.7. The number of hydrazone groups is 1. The number of hydrogen-bond acceptors (Lipinski definition) is 5. The molecule has 0 radical (unpaired) electrons. The molecular formula is C22H20N6. The van der Waals surface area contributed by atoms with Crippen LogP contribution in [0.15, 0.2) is 78.0 Å². The molecule has 2 aromatic heterocycles. The third-order valence-electron chi connectivity index (χ3n) is 4.16. The summed E-state index contributed by atoms with van der Waals surface area (Å²) in [5.74, 6) is 0.477. The molecule has 0 saturated heterocycles. The van der Waals surface area contributed by atoms with Gasteiger partial charge in [0.05, 0.1) is 11.9 Å². The molecule has 0 aliphatic rings. The number of nitrogens with zero attached hydrogens (tertiary/aromatic N) is 5. The summed E-state index contributed by atoms with van der Waals surface area (Å²) in [6, 6.07) is 22.0. The second-order valence-corrected chi connectivity index (χ2v) is 6.42. The van der Waals surface area contributed by atoms with Crippen molar-refractivity contribution in [3.63, 3.8) is 0 Å². The molecule has 0 unspecified atom stereocenters. The molecule has 6 nitrogen and oxygen atoms in total. The minimum Gasteiger partial charge on any atom is -0.245 e. The Morgan fingerprint density at radius 3 is 2.21 bits per heavy atom. The minimum atomic E-state index is 0.477. The minimum absolute atomic E-state index is 0.477. The molecule has 0 saturated carbocycles. The summed E-state index contributed by atoms with van der Waals surface area (Å²) in [6.07, 6.45) is 3.71. The zero-order valence-corrected chi connectivity index (χ0v) is 15.7. The Hall–Kier alpha value is -3.80.